The number of halogens is 1. The average molecular weight is 321 g/mol. The number of carbonyl (C=O) groups excluding carboxylic acids is 1. The van der Waals surface area contributed by atoms with Gasteiger partial charge in [-0.15, -0.1) is 0 Å². The van der Waals surface area contributed by atoms with Crippen LogP contribution in [0.15, 0.2) is 28.8 Å². The quantitative estimate of drug-likeness (QED) is 0.722. The molecule has 0 unspecified atom stereocenters. The summed E-state index contributed by atoms with van der Waals surface area (Å²) in [6, 6.07) is 5.63. The minimum absolute atomic E-state index is 0.0658. The molecule has 0 atom stereocenters. The van der Waals surface area contributed by atoms with Gasteiger partial charge in [0, 0.05) is 18.5 Å². The number of carbonyl (C=O) groups is 2. The zero-order valence-electron chi connectivity index (χ0n) is 12.3. The van der Waals surface area contributed by atoms with E-state index in [9.17, 15) is 14.0 Å². The van der Waals surface area contributed by atoms with Crippen LogP contribution in [0.5, 0.6) is 0 Å². The lowest BCUT2D eigenvalue weighted by molar-refractivity contribution is -0.137. The van der Waals surface area contributed by atoms with Gasteiger partial charge in [0.25, 0.3) is 17.6 Å². The van der Waals surface area contributed by atoms with Crippen molar-refractivity contribution >= 4 is 11.9 Å². The number of nitrogens with zero attached hydrogens (tertiary/aromatic N) is 2. The Bertz CT molecular complexity index is 687. The maximum atomic E-state index is 13.1. The molecule has 0 fully saturated rings. The fourth-order valence-corrected chi connectivity index (χ4v) is 1.91. The van der Waals surface area contributed by atoms with Gasteiger partial charge in [0.15, 0.2) is 0 Å². The number of aliphatic carboxylic acids is 1. The van der Waals surface area contributed by atoms with E-state index in [1.165, 1.54) is 18.2 Å². The number of amides is 1. The Morgan fingerprint density at radius 3 is 2.83 bits per heavy atom. The van der Waals surface area contributed by atoms with Crippen molar-refractivity contribution in [3.05, 3.63) is 35.9 Å². The van der Waals surface area contributed by atoms with Crippen LogP contribution in [0.4, 0.5) is 4.39 Å². The molecule has 0 spiro atoms. The van der Waals surface area contributed by atoms with E-state index >= 15 is 0 Å². The second-order valence-electron chi connectivity index (χ2n) is 4.89. The summed E-state index contributed by atoms with van der Waals surface area (Å²) in [5.74, 6) is -1.82. The zero-order chi connectivity index (χ0) is 16.7. The van der Waals surface area contributed by atoms with E-state index in [-0.39, 0.29) is 18.1 Å². The van der Waals surface area contributed by atoms with Gasteiger partial charge in [-0.05, 0) is 31.0 Å². The highest BCUT2D eigenvalue weighted by atomic mass is 19.1. The van der Waals surface area contributed by atoms with Gasteiger partial charge < -0.3 is 14.9 Å². The third kappa shape index (κ3) is 5.17. The molecule has 23 heavy (non-hydrogen) atoms. The molecule has 0 radical (unpaired) electrons. The molecule has 8 heteroatoms. The molecule has 0 aliphatic carbocycles. The van der Waals surface area contributed by atoms with E-state index in [2.05, 4.69) is 15.5 Å². The molecule has 1 aromatic heterocycles. The molecule has 2 aromatic rings. The lowest BCUT2D eigenvalue weighted by atomic mass is 10.2. The van der Waals surface area contributed by atoms with Gasteiger partial charge in [-0.2, -0.15) is 4.98 Å². The Kier molecular flexibility index (Phi) is 5.79. The van der Waals surface area contributed by atoms with Gasteiger partial charge in [-0.1, -0.05) is 17.6 Å². The van der Waals surface area contributed by atoms with Crippen LogP contribution in [0.25, 0.3) is 11.5 Å². The third-order valence-electron chi connectivity index (χ3n) is 3.05. The summed E-state index contributed by atoms with van der Waals surface area (Å²) in [5, 5.41) is 14.7. The highest BCUT2D eigenvalue weighted by Gasteiger charge is 2.15. The molecule has 1 heterocycles. The summed E-state index contributed by atoms with van der Waals surface area (Å²) < 4.78 is 18.1. The molecule has 1 amide bonds. The Labute approximate surface area is 131 Å². The number of unbranched alkanes of at least 4 members (excludes halogenated alkanes) is 2. The average Bonchev–Trinajstić information content (AvgIpc) is 3.00. The van der Waals surface area contributed by atoms with E-state index in [4.69, 9.17) is 9.63 Å². The van der Waals surface area contributed by atoms with Crippen molar-refractivity contribution in [1.82, 2.24) is 15.5 Å². The largest absolute Gasteiger partial charge is 0.481 e. The van der Waals surface area contributed by atoms with Crippen LogP contribution >= 0.6 is 0 Å². The van der Waals surface area contributed by atoms with Gasteiger partial charge in [0.05, 0.1) is 0 Å². The topological polar surface area (TPSA) is 105 Å². The number of hydrogen-bond acceptors (Lipinski definition) is 5. The van der Waals surface area contributed by atoms with Gasteiger partial charge in [-0.3, -0.25) is 9.59 Å². The van der Waals surface area contributed by atoms with Crippen LogP contribution < -0.4 is 5.32 Å². The molecule has 0 saturated carbocycles. The highest BCUT2D eigenvalue weighted by Crippen LogP contribution is 2.17. The summed E-state index contributed by atoms with van der Waals surface area (Å²) >= 11 is 0. The lowest BCUT2D eigenvalue weighted by Crippen LogP contribution is -2.25. The van der Waals surface area contributed by atoms with Gasteiger partial charge in [0.2, 0.25) is 0 Å². The maximum Gasteiger partial charge on any atom is 0.303 e. The van der Waals surface area contributed by atoms with Crippen LogP contribution in [0, 0.1) is 5.82 Å². The first-order valence-corrected chi connectivity index (χ1v) is 7.16. The third-order valence-corrected chi connectivity index (χ3v) is 3.05. The fraction of sp³-hybridized carbons (Fsp3) is 0.333. The summed E-state index contributed by atoms with van der Waals surface area (Å²) in [6.45, 7) is 0.391. The molecule has 0 saturated heterocycles. The van der Waals surface area contributed by atoms with Crippen LogP contribution in [-0.2, 0) is 4.79 Å². The number of aromatic nitrogens is 2. The van der Waals surface area contributed by atoms with Crippen molar-refractivity contribution in [2.75, 3.05) is 6.54 Å². The molecule has 2 rings (SSSR count). The number of nitrogens with one attached hydrogen (secondary N) is 1. The molecule has 7 nitrogen and oxygen atoms in total. The minimum atomic E-state index is -0.828. The smallest absolute Gasteiger partial charge is 0.303 e. The number of benzene rings is 1. The molecule has 0 aliphatic heterocycles. The van der Waals surface area contributed by atoms with E-state index in [0.29, 0.717) is 31.4 Å². The molecular weight excluding hydrogens is 305 g/mol. The number of carboxylic acid groups (broad SMARTS) is 1. The second-order valence-corrected chi connectivity index (χ2v) is 4.89. The molecule has 1 aromatic carbocycles. The first-order chi connectivity index (χ1) is 11.1. The zero-order valence-corrected chi connectivity index (χ0v) is 12.3. The monoisotopic (exact) mass is 321 g/mol. The number of rotatable bonds is 8. The van der Waals surface area contributed by atoms with Gasteiger partial charge >= 0.3 is 5.97 Å². The van der Waals surface area contributed by atoms with Crippen LogP contribution in [0.3, 0.4) is 0 Å². The Hall–Kier alpha value is -2.77. The Balaban J connectivity index is 1.81. The van der Waals surface area contributed by atoms with Crippen molar-refractivity contribution in [3.63, 3.8) is 0 Å². The van der Waals surface area contributed by atoms with E-state index in [0.717, 1.165) is 0 Å². The second kappa shape index (κ2) is 8.02. The van der Waals surface area contributed by atoms with Crippen molar-refractivity contribution in [2.45, 2.75) is 25.7 Å². The highest BCUT2D eigenvalue weighted by molar-refractivity contribution is 5.90. The summed E-state index contributed by atoms with van der Waals surface area (Å²) in [5.41, 5.74) is 0.394. The predicted octanol–water partition coefficient (Wildman–Crippen LogP) is 2.25. The van der Waals surface area contributed by atoms with E-state index in [1.807, 2.05) is 0 Å². The number of carboxylic acids is 1. The Morgan fingerprint density at radius 2 is 2.09 bits per heavy atom. The first kappa shape index (κ1) is 16.6. The molecule has 0 bridgehead atoms. The van der Waals surface area contributed by atoms with Crippen molar-refractivity contribution in [1.29, 1.82) is 0 Å². The van der Waals surface area contributed by atoms with Crippen LogP contribution in [0.1, 0.15) is 36.3 Å². The summed E-state index contributed by atoms with van der Waals surface area (Å²) in [7, 11) is 0. The lowest BCUT2D eigenvalue weighted by Gasteiger charge is -2.01. The molecule has 2 N–H and O–H groups in total. The summed E-state index contributed by atoms with van der Waals surface area (Å²) in [4.78, 5) is 26.1. The normalized spacial score (nSPS) is 10.5. The standard InChI is InChI=1S/C15H16FN3O4/c16-11-6-4-5-10(9-11)15-18-13(19-23-15)14(22)17-8-3-1-2-7-12(20)21/h4-6,9H,1-3,7-8H2,(H,17,22)(H,20,21). The molecule has 122 valence electrons. The SMILES string of the molecule is O=C(O)CCCCCNC(=O)c1noc(-c2cccc(F)c2)n1. The Morgan fingerprint density at radius 1 is 1.26 bits per heavy atom. The van der Waals surface area contributed by atoms with E-state index < -0.39 is 17.7 Å². The minimum Gasteiger partial charge on any atom is -0.481 e. The van der Waals surface area contributed by atoms with E-state index in [1.54, 1.807) is 6.07 Å². The van der Waals surface area contributed by atoms with Crippen molar-refractivity contribution in [2.24, 2.45) is 0 Å². The van der Waals surface area contributed by atoms with Crippen LogP contribution in [-0.4, -0.2) is 33.7 Å². The number of hydrogen-bond donors (Lipinski definition) is 2. The first-order valence-electron chi connectivity index (χ1n) is 7.16. The van der Waals surface area contributed by atoms with Crippen molar-refractivity contribution in [3.8, 4) is 11.5 Å². The molecule has 0 aliphatic rings. The van der Waals surface area contributed by atoms with Crippen molar-refractivity contribution < 1.29 is 23.6 Å². The summed E-state index contributed by atoms with van der Waals surface area (Å²) in [6.07, 6.45) is 2.05. The van der Waals surface area contributed by atoms with Crippen LogP contribution in [0.2, 0.25) is 0 Å². The predicted molar refractivity (Wildman–Crippen MR) is 78.1 cm³/mol. The van der Waals surface area contributed by atoms with Gasteiger partial charge in [-0.25, -0.2) is 4.39 Å². The fourth-order valence-electron chi connectivity index (χ4n) is 1.91. The molecular formula is C15H16FN3O4. The van der Waals surface area contributed by atoms with Gasteiger partial charge in [0.1, 0.15) is 5.82 Å². The maximum absolute atomic E-state index is 13.1.